The molecule has 7 nitrogen and oxygen atoms in total. The van der Waals surface area contributed by atoms with Crippen molar-refractivity contribution in [1.82, 2.24) is 20.4 Å². The molecule has 0 saturated carbocycles. The lowest BCUT2D eigenvalue weighted by Gasteiger charge is -2.26. The second-order valence-electron chi connectivity index (χ2n) is 7.80. The average molecular weight is 527 g/mol. The molecule has 2 amide bonds. The standard InChI is InChI=1S/C22H33N5O2.HI/c1-3-20(28)27-14-11-19(16-27)25-22(23-2)24-15-17-7-9-18(10-8-17)21(29)26-12-5-4-6-13-26;/h7-10,19H,3-6,11-16H2,1-2H3,(H2,23,24,25);1H. The Balaban J connectivity index is 0.00000320. The number of aliphatic imine (C=N–C) groups is 1. The van der Waals surface area contributed by atoms with E-state index in [4.69, 9.17) is 0 Å². The highest BCUT2D eigenvalue weighted by molar-refractivity contribution is 14.0. The predicted molar refractivity (Wildman–Crippen MR) is 130 cm³/mol. The molecule has 1 unspecified atom stereocenters. The number of hydrogen-bond acceptors (Lipinski definition) is 3. The molecular weight excluding hydrogens is 493 g/mol. The van der Waals surface area contributed by atoms with E-state index < -0.39 is 0 Å². The summed E-state index contributed by atoms with van der Waals surface area (Å²) in [6.45, 7) is 5.78. The summed E-state index contributed by atoms with van der Waals surface area (Å²) in [6.07, 6.45) is 4.91. The SMILES string of the molecule is CCC(=O)N1CCC(NC(=NC)NCc2ccc(C(=O)N3CCCCC3)cc2)C1.I. The number of amides is 2. The van der Waals surface area contributed by atoms with Gasteiger partial charge >= 0.3 is 0 Å². The van der Waals surface area contributed by atoms with Crippen molar-refractivity contribution in [2.45, 2.75) is 51.6 Å². The number of likely N-dealkylation sites (tertiary alicyclic amines) is 2. The van der Waals surface area contributed by atoms with E-state index in [0.29, 0.717) is 13.0 Å². The molecule has 2 N–H and O–H groups in total. The van der Waals surface area contributed by atoms with Gasteiger partial charge in [-0.3, -0.25) is 14.6 Å². The second kappa shape index (κ2) is 12.1. The van der Waals surface area contributed by atoms with Gasteiger partial charge in [0.1, 0.15) is 0 Å². The number of carbonyl (C=O) groups excluding carboxylic acids is 2. The third-order valence-electron chi connectivity index (χ3n) is 5.71. The van der Waals surface area contributed by atoms with Crippen LogP contribution in [0.4, 0.5) is 0 Å². The average Bonchev–Trinajstić information content (AvgIpc) is 3.25. The van der Waals surface area contributed by atoms with Crippen molar-refractivity contribution in [3.05, 3.63) is 35.4 Å². The van der Waals surface area contributed by atoms with Gasteiger partial charge in [0, 0.05) is 57.8 Å². The number of rotatable bonds is 5. The van der Waals surface area contributed by atoms with Crippen molar-refractivity contribution >= 4 is 41.8 Å². The number of hydrogen-bond donors (Lipinski definition) is 2. The molecule has 0 spiro atoms. The Bertz CT molecular complexity index is 732. The fourth-order valence-corrected chi connectivity index (χ4v) is 3.95. The molecule has 30 heavy (non-hydrogen) atoms. The van der Waals surface area contributed by atoms with Gasteiger partial charge < -0.3 is 20.4 Å². The summed E-state index contributed by atoms with van der Waals surface area (Å²) < 4.78 is 0. The topological polar surface area (TPSA) is 77.0 Å². The maximum Gasteiger partial charge on any atom is 0.253 e. The van der Waals surface area contributed by atoms with Crippen molar-refractivity contribution in [2.75, 3.05) is 33.2 Å². The number of nitrogens with one attached hydrogen (secondary N) is 2. The van der Waals surface area contributed by atoms with Crippen LogP contribution in [0.2, 0.25) is 0 Å². The second-order valence-corrected chi connectivity index (χ2v) is 7.80. The molecule has 2 saturated heterocycles. The molecule has 0 aliphatic carbocycles. The smallest absolute Gasteiger partial charge is 0.253 e. The monoisotopic (exact) mass is 527 g/mol. The zero-order chi connectivity index (χ0) is 20.6. The fraction of sp³-hybridized carbons (Fsp3) is 0.591. The van der Waals surface area contributed by atoms with E-state index in [-0.39, 0.29) is 41.8 Å². The first-order valence-corrected chi connectivity index (χ1v) is 10.7. The third-order valence-corrected chi connectivity index (χ3v) is 5.71. The number of carbonyl (C=O) groups is 2. The van der Waals surface area contributed by atoms with Crippen LogP contribution in [-0.2, 0) is 11.3 Å². The molecule has 0 radical (unpaired) electrons. The first kappa shape index (κ1) is 24.4. The Kier molecular flexibility index (Phi) is 9.87. The van der Waals surface area contributed by atoms with Crippen LogP contribution in [0.15, 0.2) is 29.3 Å². The summed E-state index contributed by atoms with van der Waals surface area (Å²) in [7, 11) is 1.75. The largest absolute Gasteiger partial charge is 0.352 e. The van der Waals surface area contributed by atoms with E-state index in [0.717, 1.165) is 62.5 Å². The number of halogens is 1. The van der Waals surface area contributed by atoms with Crippen molar-refractivity contribution in [3.8, 4) is 0 Å². The fourth-order valence-electron chi connectivity index (χ4n) is 3.95. The van der Waals surface area contributed by atoms with E-state index in [9.17, 15) is 9.59 Å². The van der Waals surface area contributed by atoms with Crippen LogP contribution in [0.25, 0.3) is 0 Å². The van der Waals surface area contributed by atoms with E-state index in [1.165, 1.54) is 6.42 Å². The summed E-state index contributed by atoms with van der Waals surface area (Å²) in [4.78, 5) is 32.5. The Labute approximate surface area is 196 Å². The summed E-state index contributed by atoms with van der Waals surface area (Å²) in [5.74, 6) is 1.07. The minimum Gasteiger partial charge on any atom is -0.352 e. The molecule has 2 heterocycles. The molecule has 0 bridgehead atoms. The Morgan fingerprint density at radius 1 is 1.07 bits per heavy atom. The third kappa shape index (κ3) is 6.58. The van der Waals surface area contributed by atoms with Crippen LogP contribution in [0, 0.1) is 0 Å². The Morgan fingerprint density at radius 3 is 2.40 bits per heavy atom. The van der Waals surface area contributed by atoms with Gasteiger partial charge in [0.15, 0.2) is 5.96 Å². The normalized spacial score (nSPS) is 19.3. The lowest BCUT2D eigenvalue weighted by Crippen LogP contribution is -2.44. The van der Waals surface area contributed by atoms with E-state index in [2.05, 4.69) is 15.6 Å². The summed E-state index contributed by atoms with van der Waals surface area (Å²) in [6, 6.07) is 8.04. The van der Waals surface area contributed by atoms with Gasteiger partial charge in [0.2, 0.25) is 5.91 Å². The molecule has 8 heteroatoms. The Morgan fingerprint density at radius 2 is 1.77 bits per heavy atom. The Hall–Kier alpha value is -1.84. The van der Waals surface area contributed by atoms with Crippen LogP contribution < -0.4 is 10.6 Å². The molecule has 3 rings (SSSR count). The maximum absolute atomic E-state index is 12.6. The van der Waals surface area contributed by atoms with Crippen LogP contribution >= 0.6 is 24.0 Å². The predicted octanol–water partition coefficient (Wildman–Crippen LogP) is 2.61. The molecular formula is C22H34IN5O2. The first-order chi connectivity index (χ1) is 14.1. The summed E-state index contributed by atoms with van der Waals surface area (Å²) in [5.41, 5.74) is 1.85. The molecule has 0 aromatic heterocycles. The van der Waals surface area contributed by atoms with Gasteiger partial charge in [-0.05, 0) is 43.4 Å². The highest BCUT2D eigenvalue weighted by atomic mass is 127. The van der Waals surface area contributed by atoms with Gasteiger partial charge in [0.25, 0.3) is 5.91 Å². The number of piperidine rings is 1. The van der Waals surface area contributed by atoms with E-state index in [1.807, 2.05) is 41.0 Å². The number of guanidine groups is 1. The lowest BCUT2D eigenvalue weighted by atomic mass is 10.1. The molecule has 1 aromatic carbocycles. The lowest BCUT2D eigenvalue weighted by molar-refractivity contribution is -0.129. The number of benzene rings is 1. The molecule has 166 valence electrons. The van der Waals surface area contributed by atoms with Crippen molar-refractivity contribution < 1.29 is 9.59 Å². The van der Waals surface area contributed by atoms with Gasteiger partial charge in [-0.25, -0.2) is 0 Å². The minimum absolute atomic E-state index is 0. The van der Waals surface area contributed by atoms with E-state index >= 15 is 0 Å². The van der Waals surface area contributed by atoms with Crippen LogP contribution in [0.3, 0.4) is 0 Å². The minimum atomic E-state index is 0. The molecule has 1 aromatic rings. The number of nitrogens with zero attached hydrogens (tertiary/aromatic N) is 3. The van der Waals surface area contributed by atoms with Crippen LogP contribution in [0.1, 0.15) is 54.9 Å². The highest BCUT2D eigenvalue weighted by Crippen LogP contribution is 2.14. The van der Waals surface area contributed by atoms with Gasteiger partial charge in [0.05, 0.1) is 0 Å². The van der Waals surface area contributed by atoms with E-state index in [1.54, 1.807) is 7.05 Å². The summed E-state index contributed by atoms with van der Waals surface area (Å²) in [5, 5.41) is 6.72. The first-order valence-electron chi connectivity index (χ1n) is 10.7. The van der Waals surface area contributed by atoms with Gasteiger partial charge in [-0.2, -0.15) is 0 Å². The summed E-state index contributed by atoms with van der Waals surface area (Å²) >= 11 is 0. The van der Waals surface area contributed by atoms with Crippen LogP contribution in [0.5, 0.6) is 0 Å². The van der Waals surface area contributed by atoms with Crippen molar-refractivity contribution in [1.29, 1.82) is 0 Å². The molecule has 2 fully saturated rings. The van der Waals surface area contributed by atoms with Crippen molar-refractivity contribution in [3.63, 3.8) is 0 Å². The highest BCUT2D eigenvalue weighted by Gasteiger charge is 2.25. The van der Waals surface area contributed by atoms with Crippen LogP contribution in [-0.4, -0.2) is 66.8 Å². The zero-order valence-corrected chi connectivity index (χ0v) is 20.4. The quantitative estimate of drug-likeness (QED) is 0.351. The molecule has 2 aliphatic rings. The zero-order valence-electron chi connectivity index (χ0n) is 18.0. The van der Waals surface area contributed by atoms with Gasteiger partial charge in [-0.15, -0.1) is 24.0 Å². The maximum atomic E-state index is 12.6. The molecule has 2 aliphatic heterocycles. The van der Waals surface area contributed by atoms with Crippen molar-refractivity contribution in [2.24, 2.45) is 4.99 Å². The van der Waals surface area contributed by atoms with Gasteiger partial charge in [-0.1, -0.05) is 19.1 Å². The molecule has 1 atom stereocenters.